The summed E-state index contributed by atoms with van der Waals surface area (Å²) in [5, 5.41) is 8.72. The predicted octanol–water partition coefficient (Wildman–Crippen LogP) is 1.26. The smallest absolute Gasteiger partial charge is 0.244 e. The summed E-state index contributed by atoms with van der Waals surface area (Å²) in [7, 11) is -2.25. The molecule has 0 bridgehead atoms. The number of methoxy groups -OCH3 is 1. The molecule has 1 aromatic carbocycles. The Labute approximate surface area is 125 Å². The van der Waals surface area contributed by atoms with Gasteiger partial charge in [0.15, 0.2) is 0 Å². The molecule has 6 heteroatoms. The van der Waals surface area contributed by atoms with E-state index in [0.717, 1.165) is 19.3 Å². The van der Waals surface area contributed by atoms with Crippen molar-refractivity contribution < 1.29 is 18.3 Å². The highest BCUT2D eigenvalue weighted by molar-refractivity contribution is 7.89. The normalized spacial score (nSPS) is 16.5. The van der Waals surface area contributed by atoms with Crippen LogP contribution in [0.4, 0.5) is 0 Å². The van der Waals surface area contributed by atoms with Gasteiger partial charge in [-0.2, -0.15) is 0 Å². The quantitative estimate of drug-likeness (QED) is 0.821. The predicted molar refractivity (Wildman–Crippen MR) is 79.5 cm³/mol. The summed E-state index contributed by atoms with van der Waals surface area (Å²) in [5.41, 5.74) is 0.139. The van der Waals surface area contributed by atoms with Crippen molar-refractivity contribution in [3.05, 3.63) is 23.8 Å². The molecule has 1 saturated carbocycles. The van der Waals surface area contributed by atoms with Crippen LogP contribution in [-0.2, 0) is 10.0 Å². The molecule has 0 unspecified atom stereocenters. The van der Waals surface area contributed by atoms with Crippen LogP contribution in [0.3, 0.4) is 0 Å². The second-order valence-corrected chi connectivity index (χ2v) is 7.00. The Morgan fingerprint density at radius 2 is 2.14 bits per heavy atom. The molecule has 2 rings (SSSR count). The lowest BCUT2D eigenvalue weighted by molar-refractivity contribution is 0.247. The van der Waals surface area contributed by atoms with E-state index >= 15 is 0 Å². The first-order valence-electron chi connectivity index (χ1n) is 6.72. The van der Waals surface area contributed by atoms with Crippen LogP contribution >= 0.6 is 0 Å². The lowest BCUT2D eigenvalue weighted by atomic mass is 9.80. The number of hydrogen-bond donors (Lipinski definition) is 2. The van der Waals surface area contributed by atoms with Gasteiger partial charge in [0.05, 0.1) is 7.11 Å². The molecule has 0 aliphatic heterocycles. The third kappa shape index (κ3) is 3.56. The number of aliphatic hydroxyl groups is 1. The molecule has 0 atom stereocenters. The van der Waals surface area contributed by atoms with Gasteiger partial charge in [0.25, 0.3) is 0 Å². The number of nitrogens with one attached hydrogen (secondary N) is 1. The van der Waals surface area contributed by atoms with Gasteiger partial charge in [-0.15, -0.1) is 0 Å². The van der Waals surface area contributed by atoms with Crippen molar-refractivity contribution in [1.29, 1.82) is 0 Å². The molecule has 114 valence electrons. The van der Waals surface area contributed by atoms with Crippen LogP contribution in [0.15, 0.2) is 23.1 Å². The van der Waals surface area contributed by atoms with E-state index in [0.29, 0.717) is 5.56 Å². The van der Waals surface area contributed by atoms with Gasteiger partial charge in [-0.3, -0.25) is 0 Å². The maximum Gasteiger partial charge on any atom is 0.244 e. The van der Waals surface area contributed by atoms with E-state index in [4.69, 9.17) is 9.84 Å². The molecule has 1 fully saturated rings. The molecule has 0 saturated heterocycles. The summed E-state index contributed by atoms with van der Waals surface area (Å²) in [6, 6.07) is 4.69. The highest BCUT2D eigenvalue weighted by atomic mass is 32.2. The van der Waals surface area contributed by atoms with Crippen molar-refractivity contribution >= 4 is 10.0 Å². The number of aliphatic hydroxyl groups excluding tert-OH is 1. The average Bonchev–Trinajstić information content (AvgIpc) is 2.42. The standard InChI is InChI=1S/C15H19NO4S/c1-15(8-4-9-15)16-21(18,19)14-11-12(5-3-10-17)6-7-13(14)20-2/h6-7,11,16-17H,4,8-10H2,1-2H3. The van der Waals surface area contributed by atoms with E-state index in [1.54, 1.807) is 12.1 Å². The zero-order valence-electron chi connectivity index (χ0n) is 12.1. The first-order valence-corrected chi connectivity index (χ1v) is 8.20. The van der Waals surface area contributed by atoms with E-state index < -0.39 is 10.0 Å². The number of hydrogen-bond acceptors (Lipinski definition) is 4. The number of ether oxygens (including phenoxy) is 1. The van der Waals surface area contributed by atoms with E-state index in [-0.39, 0.29) is 22.8 Å². The van der Waals surface area contributed by atoms with Crippen molar-refractivity contribution in [3.63, 3.8) is 0 Å². The van der Waals surface area contributed by atoms with E-state index in [1.165, 1.54) is 13.2 Å². The summed E-state index contributed by atoms with van der Waals surface area (Å²) in [6.45, 7) is 1.63. The maximum absolute atomic E-state index is 12.6. The summed E-state index contributed by atoms with van der Waals surface area (Å²) in [6.07, 6.45) is 2.69. The first kappa shape index (κ1) is 15.8. The van der Waals surface area contributed by atoms with Gasteiger partial charge in [-0.1, -0.05) is 11.8 Å². The van der Waals surface area contributed by atoms with Gasteiger partial charge in [-0.25, -0.2) is 13.1 Å². The Morgan fingerprint density at radius 1 is 1.43 bits per heavy atom. The van der Waals surface area contributed by atoms with Crippen LogP contribution in [-0.4, -0.2) is 32.8 Å². The van der Waals surface area contributed by atoms with Gasteiger partial charge in [0.2, 0.25) is 10.0 Å². The minimum atomic E-state index is -3.67. The average molecular weight is 309 g/mol. The fraction of sp³-hybridized carbons (Fsp3) is 0.467. The second kappa shape index (κ2) is 6.06. The molecule has 0 radical (unpaired) electrons. The zero-order valence-corrected chi connectivity index (χ0v) is 13.0. The van der Waals surface area contributed by atoms with Crippen molar-refractivity contribution in [2.75, 3.05) is 13.7 Å². The van der Waals surface area contributed by atoms with Crippen molar-refractivity contribution in [2.24, 2.45) is 0 Å². The van der Waals surface area contributed by atoms with Crippen LogP contribution in [0.1, 0.15) is 31.7 Å². The summed E-state index contributed by atoms with van der Waals surface area (Å²) >= 11 is 0. The Balaban J connectivity index is 2.39. The Kier molecular flexibility index (Phi) is 4.57. The van der Waals surface area contributed by atoms with Crippen LogP contribution < -0.4 is 9.46 Å². The van der Waals surface area contributed by atoms with Gasteiger partial charge >= 0.3 is 0 Å². The SMILES string of the molecule is COc1ccc(C#CCO)cc1S(=O)(=O)NC1(C)CCC1. The molecule has 0 amide bonds. The minimum Gasteiger partial charge on any atom is -0.495 e. The molecule has 1 aliphatic carbocycles. The van der Waals surface area contributed by atoms with Gasteiger partial charge in [0, 0.05) is 11.1 Å². The second-order valence-electron chi connectivity index (χ2n) is 5.35. The highest BCUT2D eigenvalue weighted by Crippen LogP contribution is 2.34. The highest BCUT2D eigenvalue weighted by Gasteiger charge is 2.37. The molecule has 1 aliphatic rings. The molecule has 0 spiro atoms. The molecule has 21 heavy (non-hydrogen) atoms. The summed E-state index contributed by atoms with van der Waals surface area (Å²) < 4.78 is 33.0. The Hall–Kier alpha value is -1.55. The van der Waals surface area contributed by atoms with E-state index in [1.807, 2.05) is 6.92 Å². The van der Waals surface area contributed by atoms with Gasteiger partial charge in [-0.05, 0) is 44.4 Å². The van der Waals surface area contributed by atoms with E-state index in [9.17, 15) is 8.42 Å². The molecule has 2 N–H and O–H groups in total. The molecule has 5 nitrogen and oxygen atoms in total. The van der Waals surface area contributed by atoms with Gasteiger partial charge < -0.3 is 9.84 Å². The molecular formula is C15H19NO4S. The number of benzene rings is 1. The van der Waals surface area contributed by atoms with Crippen molar-refractivity contribution in [1.82, 2.24) is 4.72 Å². The topological polar surface area (TPSA) is 75.6 Å². The minimum absolute atomic E-state index is 0.0721. The third-order valence-electron chi connectivity index (χ3n) is 3.60. The molecular weight excluding hydrogens is 290 g/mol. The van der Waals surface area contributed by atoms with Crippen LogP contribution in [0.25, 0.3) is 0 Å². The summed E-state index contributed by atoms with van der Waals surface area (Å²) in [4.78, 5) is 0.0721. The van der Waals surface area contributed by atoms with Crippen LogP contribution in [0.2, 0.25) is 0 Å². The molecule has 1 aromatic rings. The third-order valence-corrected chi connectivity index (χ3v) is 5.26. The fourth-order valence-corrected chi connectivity index (χ4v) is 3.96. The number of sulfonamides is 1. The lowest BCUT2D eigenvalue weighted by Crippen LogP contribution is -2.50. The fourth-order valence-electron chi connectivity index (χ4n) is 2.29. The monoisotopic (exact) mass is 309 g/mol. The largest absolute Gasteiger partial charge is 0.495 e. The van der Waals surface area contributed by atoms with Crippen molar-refractivity contribution in [2.45, 2.75) is 36.6 Å². The first-order chi connectivity index (χ1) is 9.90. The van der Waals surface area contributed by atoms with Crippen LogP contribution in [0.5, 0.6) is 5.75 Å². The molecule has 0 heterocycles. The van der Waals surface area contributed by atoms with E-state index in [2.05, 4.69) is 16.6 Å². The number of rotatable bonds is 4. The molecule has 0 aromatic heterocycles. The zero-order chi connectivity index (χ0) is 15.5. The van der Waals surface area contributed by atoms with Crippen molar-refractivity contribution in [3.8, 4) is 17.6 Å². The Bertz CT molecular complexity index is 681. The Morgan fingerprint density at radius 3 is 2.67 bits per heavy atom. The lowest BCUT2D eigenvalue weighted by Gasteiger charge is -2.38. The maximum atomic E-state index is 12.6. The summed E-state index contributed by atoms with van der Waals surface area (Å²) in [5.74, 6) is 5.48. The van der Waals surface area contributed by atoms with Crippen LogP contribution in [0, 0.1) is 11.8 Å². The van der Waals surface area contributed by atoms with Gasteiger partial charge in [0.1, 0.15) is 17.3 Å².